The number of primary amides is 1. The highest BCUT2D eigenvalue weighted by molar-refractivity contribution is 5.81. The Labute approximate surface area is 151 Å². The summed E-state index contributed by atoms with van der Waals surface area (Å²) in [5, 5.41) is 12.4. The van der Waals surface area contributed by atoms with Crippen molar-refractivity contribution < 1.29 is 9.59 Å². The summed E-state index contributed by atoms with van der Waals surface area (Å²) in [5.41, 5.74) is 6.08. The number of carbonyl (C=O) groups is 2. The standard InChI is InChI=1S/C17H23N7O2/c18-16(25)12-5-8-22(9-6-12)17(26)13-2-1-7-23(10-13)15-4-3-14-20-19-11-24(14)21-15/h3-4,11-13H,1-2,5-10H2,(H2,18,25)/t13-/m0/s1. The number of amides is 2. The van der Waals surface area contributed by atoms with Gasteiger partial charge in [0, 0.05) is 32.1 Å². The minimum Gasteiger partial charge on any atom is -0.369 e. The van der Waals surface area contributed by atoms with Gasteiger partial charge >= 0.3 is 0 Å². The van der Waals surface area contributed by atoms with E-state index in [4.69, 9.17) is 5.73 Å². The predicted molar refractivity (Wildman–Crippen MR) is 94.2 cm³/mol. The molecule has 0 unspecified atom stereocenters. The number of likely N-dealkylation sites (tertiary alicyclic amines) is 1. The Morgan fingerprint density at radius 2 is 1.88 bits per heavy atom. The van der Waals surface area contributed by atoms with Gasteiger partial charge in [-0.25, -0.2) is 0 Å². The lowest BCUT2D eigenvalue weighted by Crippen LogP contribution is -2.48. The van der Waals surface area contributed by atoms with Crippen molar-refractivity contribution in [1.29, 1.82) is 0 Å². The molecule has 2 aromatic heterocycles. The van der Waals surface area contributed by atoms with E-state index < -0.39 is 0 Å². The summed E-state index contributed by atoms with van der Waals surface area (Å²) in [6, 6.07) is 3.81. The Kier molecular flexibility index (Phi) is 4.44. The smallest absolute Gasteiger partial charge is 0.227 e. The minimum atomic E-state index is -0.253. The van der Waals surface area contributed by atoms with Crippen molar-refractivity contribution in [3.05, 3.63) is 18.5 Å². The zero-order chi connectivity index (χ0) is 18.1. The molecule has 9 nitrogen and oxygen atoms in total. The number of carbonyl (C=O) groups excluding carboxylic acids is 2. The molecule has 9 heteroatoms. The molecule has 138 valence electrons. The fourth-order valence-electron chi connectivity index (χ4n) is 3.92. The van der Waals surface area contributed by atoms with E-state index in [2.05, 4.69) is 20.2 Å². The molecule has 26 heavy (non-hydrogen) atoms. The van der Waals surface area contributed by atoms with Gasteiger partial charge in [0.25, 0.3) is 0 Å². The molecule has 4 rings (SSSR count). The van der Waals surface area contributed by atoms with Crippen LogP contribution in [0.3, 0.4) is 0 Å². The van der Waals surface area contributed by atoms with Gasteiger partial charge in [-0.3, -0.25) is 9.59 Å². The van der Waals surface area contributed by atoms with Crippen molar-refractivity contribution in [2.45, 2.75) is 25.7 Å². The number of fused-ring (bicyclic) bond motifs is 1. The topological polar surface area (TPSA) is 110 Å². The molecular weight excluding hydrogens is 334 g/mol. The molecule has 0 aliphatic carbocycles. The first-order valence-corrected chi connectivity index (χ1v) is 9.12. The van der Waals surface area contributed by atoms with Crippen LogP contribution in [0.25, 0.3) is 5.65 Å². The number of nitrogens with zero attached hydrogens (tertiary/aromatic N) is 6. The summed E-state index contributed by atoms with van der Waals surface area (Å²) < 4.78 is 1.65. The first-order valence-electron chi connectivity index (χ1n) is 9.12. The molecule has 2 aliphatic heterocycles. The van der Waals surface area contributed by atoms with E-state index in [9.17, 15) is 9.59 Å². The maximum Gasteiger partial charge on any atom is 0.227 e. The van der Waals surface area contributed by atoms with Gasteiger partial charge in [0.15, 0.2) is 5.65 Å². The fourth-order valence-corrected chi connectivity index (χ4v) is 3.92. The van der Waals surface area contributed by atoms with E-state index in [0.717, 1.165) is 25.2 Å². The van der Waals surface area contributed by atoms with Crippen molar-refractivity contribution in [1.82, 2.24) is 24.7 Å². The lowest BCUT2D eigenvalue weighted by atomic mass is 9.92. The molecule has 2 amide bonds. The zero-order valence-corrected chi connectivity index (χ0v) is 14.6. The molecule has 2 aromatic rings. The molecule has 0 saturated carbocycles. The Morgan fingerprint density at radius 3 is 2.65 bits per heavy atom. The first kappa shape index (κ1) is 16.7. The maximum absolute atomic E-state index is 12.9. The second-order valence-electron chi connectivity index (χ2n) is 7.11. The van der Waals surface area contributed by atoms with Crippen LogP contribution < -0.4 is 10.6 Å². The molecule has 1 atom stereocenters. The van der Waals surface area contributed by atoms with Crippen molar-refractivity contribution in [3.8, 4) is 0 Å². The highest BCUT2D eigenvalue weighted by atomic mass is 16.2. The minimum absolute atomic E-state index is 0.0349. The second-order valence-corrected chi connectivity index (χ2v) is 7.11. The van der Waals surface area contributed by atoms with Gasteiger partial charge in [0.1, 0.15) is 12.1 Å². The molecule has 2 aliphatic rings. The van der Waals surface area contributed by atoms with Crippen LogP contribution in [-0.4, -0.2) is 62.7 Å². The Bertz CT molecular complexity index is 812. The van der Waals surface area contributed by atoms with Crippen molar-refractivity contribution in [2.75, 3.05) is 31.1 Å². The van der Waals surface area contributed by atoms with Crippen molar-refractivity contribution >= 4 is 23.3 Å². The second kappa shape index (κ2) is 6.89. The van der Waals surface area contributed by atoms with Crippen LogP contribution in [0.5, 0.6) is 0 Å². The van der Waals surface area contributed by atoms with E-state index in [1.54, 1.807) is 10.8 Å². The van der Waals surface area contributed by atoms with Crippen LogP contribution in [0.2, 0.25) is 0 Å². The van der Waals surface area contributed by atoms with E-state index in [1.807, 2.05) is 17.0 Å². The van der Waals surface area contributed by atoms with Crippen LogP contribution in [0.4, 0.5) is 5.82 Å². The normalized spacial score (nSPS) is 21.9. The number of nitrogens with two attached hydrogens (primary N) is 1. The number of hydrogen-bond donors (Lipinski definition) is 1. The quantitative estimate of drug-likeness (QED) is 0.832. The number of hydrogen-bond acceptors (Lipinski definition) is 6. The van der Waals surface area contributed by atoms with Gasteiger partial charge in [-0.15, -0.1) is 15.3 Å². The molecular formula is C17H23N7O2. The molecule has 0 spiro atoms. The number of piperidine rings is 2. The average Bonchev–Trinajstić information content (AvgIpc) is 3.15. The first-order chi connectivity index (χ1) is 12.6. The zero-order valence-electron chi connectivity index (χ0n) is 14.6. The summed E-state index contributed by atoms with van der Waals surface area (Å²) in [6.07, 6.45) is 4.76. The van der Waals surface area contributed by atoms with Gasteiger partial charge in [-0.1, -0.05) is 0 Å². The maximum atomic E-state index is 12.9. The Hall–Kier alpha value is -2.71. The van der Waals surface area contributed by atoms with Gasteiger partial charge in [0.05, 0.1) is 5.92 Å². The van der Waals surface area contributed by atoms with E-state index >= 15 is 0 Å². The SMILES string of the molecule is NC(=O)C1CCN(C(=O)[C@H]2CCCN(c3ccc4nncn4n3)C2)CC1. The van der Waals surface area contributed by atoms with E-state index in [-0.39, 0.29) is 23.7 Å². The molecule has 0 aromatic carbocycles. The Balaban J connectivity index is 1.41. The van der Waals surface area contributed by atoms with Crippen LogP contribution in [-0.2, 0) is 9.59 Å². The van der Waals surface area contributed by atoms with Gasteiger partial charge < -0.3 is 15.5 Å². The molecule has 4 heterocycles. The van der Waals surface area contributed by atoms with Gasteiger partial charge in [-0.2, -0.15) is 4.52 Å². The Morgan fingerprint density at radius 1 is 1.08 bits per heavy atom. The summed E-state index contributed by atoms with van der Waals surface area (Å²) in [7, 11) is 0. The lowest BCUT2D eigenvalue weighted by molar-refractivity contribution is -0.138. The van der Waals surface area contributed by atoms with Crippen LogP contribution in [0, 0.1) is 11.8 Å². The van der Waals surface area contributed by atoms with Gasteiger partial charge in [0.2, 0.25) is 11.8 Å². The largest absolute Gasteiger partial charge is 0.369 e. The van der Waals surface area contributed by atoms with Crippen LogP contribution in [0.1, 0.15) is 25.7 Å². The highest BCUT2D eigenvalue weighted by Crippen LogP contribution is 2.25. The third-order valence-corrected chi connectivity index (χ3v) is 5.45. The third kappa shape index (κ3) is 3.21. The number of rotatable bonds is 3. The third-order valence-electron chi connectivity index (χ3n) is 5.45. The van der Waals surface area contributed by atoms with Crippen LogP contribution in [0.15, 0.2) is 18.5 Å². The van der Waals surface area contributed by atoms with Crippen molar-refractivity contribution in [3.63, 3.8) is 0 Å². The molecule has 2 fully saturated rings. The molecule has 2 N–H and O–H groups in total. The summed E-state index contributed by atoms with van der Waals surface area (Å²) >= 11 is 0. The lowest BCUT2D eigenvalue weighted by Gasteiger charge is -2.37. The summed E-state index contributed by atoms with van der Waals surface area (Å²) in [6.45, 7) is 2.78. The monoisotopic (exact) mass is 357 g/mol. The number of aromatic nitrogens is 4. The predicted octanol–water partition coefficient (Wildman–Crippen LogP) is 0.0646. The van der Waals surface area contributed by atoms with E-state index in [1.165, 1.54) is 0 Å². The fraction of sp³-hybridized carbons (Fsp3) is 0.588. The van der Waals surface area contributed by atoms with E-state index in [0.29, 0.717) is 38.1 Å². The molecule has 0 radical (unpaired) electrons. The van der Waals surface area contributed by atoms with Crippen molar-refractivity contribution in [2.24, 2.45) is 17.6 Å². The molecule has 2 saturated heterocycles. The molecule has 0 bridgehead atoms. The van der Waals surface area contributed by atoms with Gasteiger partial charge in [-0.05, 0) is 37.8 Å². The summed E-state index contributed by atoms with van der Waals surface area (Å²) in [5.74, 6) is 0.635. The highest BCUT2D eigenvalue weighted by Gasteiger charge is 2.33. The van der Waals surface area contributed by atoms with Crippen LogP contribution >= 0.6 is 0 Å². The average molecular weight is 357 g/mol. The summed E-state index contributed by atoms with van der Waals surface area (Å²) in [4.78, 5) is 28.3. The number of anilines is 1.